The predicted molar refractivity (Wildman–Crippen MR) is 99.4 cm³/mol. The molecule has 11 heteroatoms. The molecule has 0 bridgehead atoms. The highest BCUT2D eigenvalue weighted by Gasteiger charge is 2.47. The van der Waals surface area contributed by atoms with Crippen LogP contribution in [0.2, 0.25) is 0 Å². The van der Waals surface area contributed by atoms with Gasteiger partial charge in [-0.1, -0.05) is 12.2 Å². The van der Waals surface area contributed by atoms with Gasteiger partial charge in [-0.25, -0.2) is 13.2 Å². The quantitative estimate of drug-likeness (QED) is 0.696. The molecule has 2 aromatic rings. The summed E-state index contributed by atoms with van der Waals surface area (Å²) in [6, 6.07) is 6.52. The SMILES string of the molecule is C[C@H]1C(=S)N(c2ccc(S(=O)(=O)C(F)(F)F)cc2)C(=O)N1Cc1ccncc1. The Morgan fingerprint density at radius 3 is 2.21 bits per heavy atom. The third-order valence-electron chi connectivity index (χ3n) is 4.29. The first-order chi connectivity index (χ1) is 13.0. The number of hydrogen-bond donors (Lipinski definition) is 0. The summed E-state index contributed by atoms with van der Waals surface area (Å²) in [5, 5.41) is 0. The first-order valence-corrected chi connectivity index (χ1v) is 9.88. The smallest absolute Gasteiger partial charge is 0.311 e. The minimum absolute atomic E-state index is 0.195. The Kier molecular flexibility index (Phi) is 5.15. The molecule has 1 aliphatic rings. The largest absolute Gasteiger partial charge is 0.501 e. The summed E-state index contributed by atoms with van der Waals surface area (Å²) in [7, 11) is -5.46. The van der Waals surface area contributed by atoms with Crippen molar-refractivity contribution in [2.45, 2.75) is 29.9 Å². The number of amides is 2. The molecule has 1 saturated heterocycles. The van der Waals surface area contributed by atoms with Crippen LogP contribution in [0.25, 0.3) is 0 Å². The van der Waals surface area contributed by atoms with E-state index in [0.717, 1.165) is 29.8 Å². The lowest BCUT2D eigenvalue weighted by Gasteiger charge is -2.20. The molecular weight excluding hydrogens is 415 g/mol. The fourth-order valence-corrected chi connectivity index (χ4v) is 3.82. The molecule has 0 N–H and O–H groups in total. The molecule has 3 rings (SSSR count). The van der Waals surface area contributed by atoms with Crippen molar-refractivity contribution >= 4 is 38.8 Å². The molecule has 0 spiro atoms. The molecular formula is C17H14F3N3O3S2. The fourth-order valence-electron chi connectivity index (χ4n) is 2.74. The van der Waals surface area contributed by atoms with Gasteiger partial charge in [0.2, 0.25) is 0 Å². The Bertz CT molecular complexity index is 1010. The number of sulfone groups is 1. The van der Waals surface area contributed by atoms with E-state index in [0.29, 0.717) is 0 Å². The second kappa shape index (κ2) is 7.13. The Balaban J connectivity index is 1.87. The number of halogens is 3. The molecule has 28 heavy (non-hydrogen) atoms. The molecule has 6 nitrogen and oxygen atoms in total. The normalized spacial score (nSPS) is 18.1. The zero-order chi connectivity index (χ0) is 20.7. The number of urea groups is 1. The highest BCUT2D eigenvalue weighted by Crippen LogP contribution is 2.33. The van der Waals surface area contributed by atoms with E-state index in [-0.39, 0.29) is 17.2 Å². The van der Waals surface area contributed by atoms with Gasteiger partial charge in [-0.2, -0.15) is 13.2 Å². The number of nitrogens with zero attached hydrogens (tertiary/aromatic N) is 3. The molecule has 1 aromatic heterocycles. The minimum Gasteiger partial charge on any atom is -0.311 e. The number of carbonyl (C=O) groups excluding carboxylic acids is 1. The van der Waals surface area contributed by atoms with E-state index in [2.05, 4.69) is 4.98 Å². The lowest BCUT2D eigenvalue weighted by Crippen LogP contribution is -2.33. The number of carbonyl (C=O) groups is 1. The maximum Gasteiger partial charge on any atom is 0.501 e. The van der Waals surface area contributed by atoms with E-state index in [1.54, 1.807) is 31.5 Å². The second-order valence-corrected chi connectivity index (χ2v) is 8.42. The third kappa shape index (κ3) is 3.47. The highest BCUT2D eigenvalue weighted by atomic mass is 32.2. The van der Waals surface area contributed by atoms with Crippen LogP contribution in [0.1, 0.15) is 12.5 Å². The Morgan fingerprint density at radius 1 is 1.11 bits per heavy atom. The molecule has 148 valence electrons. The van der Waals surface area contributed by atoms with Crippen molar-refractivity contribution in [1.82, 2.24) is 9.88 Å². The van der Waals surface area contributed by atoms with Gasteiger partial charge < -0.3 is 4.90 Å². The van der Waals surface area contributed by atoms with Crippen molar-refractivity contribution in [3.8, 4) is 0 Å². The molecule has 0 aliphatic carbocycles. The molecule has 1 aliphatic heterocycles. The van der Waals surface area contributed by atoms with Crippen LogP contribution in [0.3, 0.4) is 0 Å². The van der Waals surface area contributed by atoms with Crippen molar-refractivity contribution in [2.75, 3.05) is 4.90 Å². The van der Waals surface area contributed by atoms with Crippen LogP contribution >= 0.6 is 12.2 Å². The Morgan fingerprint density at radius 2 is 1.68 bits per heavy atom. The number of aromatic nitrogens is 1. The summed E-state index contributed by atoms with van der Waals surface area (Å²) in [4.78, 5) is 18.8. The van der Waals surface area contributed by atoms with Gasteiger partial charge in [0.05, 0.1) is 16.6 Å². The average Bonchev–Trinajstić information content (AvgIpc) is 2.85. The lowest BCUT2D eigenvalue weighted by atomic mass is 10.2. The van der Waals surface area contributed by atoms with Crippen LogP contribution < -0.4 is 4.90 Å². The van der Waals surface area contributed by atoms with E-state index in [9.17, 15) is 26.4 Å². The Hall–Kier alpha value is -2.53. The minimum atomic E-state index is -5.46. The maximum absolute atomic E-state index is 12.8. The van der Waals surface area contributed by atoms with E-state index < -0.39 is 32.3 Å². The van der Waals surface area contributed by atoms with Crippen LogP contribution in [0, 0.1) is 0 Å². The number of anilines is 1. The van der Waals surface area contributed by atoms with E-state index >= 15 is 0 Å². The predicted octanol–water partition coefficient (Wildman–Crippen LogP) is 3.53. The van der Waals surface area contributed by atoms with Crippen LogP contribution in [0.4, 0.5) is 23.7 Å². The molecule has 2 amide bonds. The highest BCUT2D eigenvalue weighted by molar-refractivity contribution is 7.92. The van der Waals surface area contributed by atoms with Crippen LogP contribution in [0.15, 0.2) is 53.7 Å². The monoisotopic (exact) mass is 429 g/mol. The molecule has 1 atom stereocenters. The van der Waals surface area contributed by atoms with Gasteiger partial charge in [0.1, 0.15) is 4.99 Å². The van der Waals surface area contributed by atoms with Gasteiger partial charge in [-0.15, -0.1) is 0 Å². The van der Waals surface area contributed by atoms with E-state index in [1.807, 2.05) is 0 Å². The second-order valence-electron chi connectivity index (χ2n) is 6.06. The summed E-state index contributed by atoms with van der Waals surface area (Å²) in [6.45, 7) is 2.02. The molecule has 1 fully saturated rings. The standard InChI is InChI=1S/C17H14F3N3O3S2/c1-11-15(27)23(16(24)22(11)10-12-6-8-21-9-7-12)13-2-4-14(5-3-13)28(25,26)17(18,19)20/h2-9,11H,10H2,1H3/t11-/m0/s1. The Labute approximate surface area is 164 Å². The summed E-state index contributed by atoms with van der Waals surface area (Å²) in [6.07, 6.45) is 3.19. The zero-order valence-electron chi connectivity index (χ0n) is 14.4. The molecule has 2 heterocycles. The molecule has 0 unspecified atom stereocenters. The number of hydrogen-bond acceptors (Lipinski definition) is 5. The van der Waals surface area contributed by atoms with Crippen molar-refractivity contribution in [3.63, 3.8) is 0 Å². The van der Waals surface area contributed by atoms with Crippen molar-refractivity contribution in [2.24, 2.45) is 0 Å². The van der Waals surface area contributed by atoms with Gasteiger partial charge in [-0.05, 0) is 48.9 Å². The van der Waals surface area contributed by atoms with Crippen LogP contribution in [-0.2, 0) is 16.4 Å². The number of thiocarbonyl (C=S) groups is 1. The topological polar surface area (TPSA) is 70.6 Å². The average molecular weight is 429 g/mol. The van der Waals surface area contributed by atoms with Crippen LogP contribution in [-0.4, -0.2) is 40.9 Å². The number of benzene rings is 1. The fraction of sp³-hybridized carbons (Fsp3) is 0.235. The maximum atomic E-state index is 12.8. The first-order valence-electron chi connectivity index (χ1n) is 7.99. The number of alkyl halides is 3. The number of rotatable bonds is 4. The molecule has 0 saturated carbocycles. The van der Waals surface area contributed by atoms with Crippen molar-refractivity contribution in [1.29, 1.82) is 0 Å². The van der Waals surface area contributed by atoms with Gasteiger partial charge in [0.25, 0.3) is 9.84 Å². The summed E-state index contributed by atoms with van der Waals surface area (Å²) < 4.78 is 61.0. The van der Waals surface area contributed by atoms with Gasteiger partial charge in [-0.3, -0.25) is 9.88 Å². The summed E-state index contributed by atoms with van der Waals surface area (Å²) in [5.74, 6) is 0. The van der Waals surface area contributed by atoms with Crippen molar-refractivity contribution < 1.29 is 26.4 Å². The van der Waals surface area contributed by atoms with Gasteiger partial charge in [0, 0.05) is 18.9 Å². The zero-order valence-corrected chi connectivity index (χ0v) is 16.1. The summed E-state index contributed by atoms with van der Waals surface area (Å²) in [5.41, 5.74) is -4.37. The third-order valence-corrected chi connectivity index (χ3v) is 6.32. The van der Waals surface area contributed by atoms with E-state index in [1.165, 1.54) is 9.80 Å². The van der Waals surface area contributed by atoms with Gasteiger partial charge in [0.15, 0.2) is 0 Å². The van der Waals surface area contributed by atoms with Crippen LogP contribution in [0.5, 0.6) is 0 Å². The molecule has 0 radical (unpaired) electrons. The first kappa shape index (κ1) is 20.2. The summed E-state index contributed by atoms with van der Waals surface area (Å²) >= 11 is 5.33. The molecule has 1 aromatic carbocycles. The van der Waals surface area contributed by atoms with E-state index in [4.69, 9.17) is 12.2 Å². The number of pyridine rings is 1. The van der Waals surface area contributed by atoms with Gasteiger partial charge >= 0.3 is 11.5 Å². The lowest BCUT2D eigenvalue weighted by molar-refractivity contribution is -0.0436. The van der Waals surface area contributed by atoms with Crippen molar-refractivity contribution in [3.05, 3.63) is 54.4 Å².